The molecule has 0 unspecified atom stereocenters. The summed E-state index contributed by atoms with van der Waals surface area (Å²) in [4.78, 5) is 36.9. The van der Waals surface area contributed by atoms with Gasteiger partial charge in [0.2, 0.25) is 5.91 Å². The number of hydrogen-bond acceptors (Lipinski definition) is 5. The van der Waals surface area contributed by atoms with Crippen molar-refractivity contribution in [1.82, 2.24) is 30.1 Å². The summed E-state index contributed by atoms with van der Waals surface area (Å²) in [5, 5.41) is 18.6. The molecule has 10 heteroatoms. The highest BCUT2D eigenvalue weighted by atomic mass is 16.4. The van der Waals surface area contributed by atoms with Crippen LogP contribution in [-0.4, -0.2) is 74.5 Å². The summed E-state index contributed by atoms with van der Waals surface area (Å²) in [5.74, 6) is -1.13. The zero-order valence-electron chi connectivity index (χ0n) is 11.5. The molecular weight excluding hydrogens is 280 g/mol. The molecule has 1 aromatic rings. The van der Waals surface area contributed by atoms with Gasteiger partial charge in [-0.3, -0.25) is 9.59 Å². The van der Waals surface area contributed by atoms with Gasteiger partial charge in [-0.1, -0.05) is 5.21 Å². The topological polar surface area (TPSA) is 121 Å². The van der Waals surface area contributed by atoms with Crippen LogP contribution < -0.4 is 5.32 Å². The lowest BCUT2D eigenvalue weighted by Crippen LogP contribution is -2.53. The number of nitrogens with one attached hydrogen (secondary N) is 1. The first-order valence-corrected chi connectivity index (χ1v) is 6.33. The van der Waals surface area contributed by atoms with E-state index in [0.717, 1.165) is 0 Å². The Morgan fingerprint density at radius 1 is 1.43 bits per heavy atom. The van der Waals surface area contributed by atoms with Crippen LogP contribution in [0.5, 0.6) is 0 Å². The molecule has 21 heavy (non-hydrogen) atoms. The van der Waals surface area contributed by atoms with E-state index < -0.39 is 5.97 Å². The van der Waals surface area contributed by atoms with Crippen molar-refractivity contribution in [1.29, 1.82) is 0 Å². The molecule has 0 bridgehead atoms. The lowest BCUT2D eigenvalue weighted by atomic mass is 10.3. The van der Waals surface area contributed by atoms with Crippen molar-refractivity contribution >= 4 is 17.9 Å². The van der Waals surface area contributed by atoms with Crippen LogP contribution in [0, 0.1) is 0 Å². The number of hydrogen-bond donors (Lipinski definition) is 2. The Balaban J connectivity index is 1.82. The molecular formula is C11H16N6O4. The summed E-state index contributed by atoms with van der Waals surface area (Å²) in [5.41, 5.74) is 0.449. The third-order valence-corrected chi connectivity index (χ3v) is 3.05. The minimum absolute atomic E-state index is 0.0496. The smallest absolute Gasteiger partial charge is 0.325 e. The van der Waals surface area contributed by atoms with Gasteiger partial charge in [0, 0.05) is 20.1 Å². The van der Waals surface area contributed by atoms with Gasteiger partial charge in [0.15, 0.2) is 0 Å². The van der Waals surface area contributed by atoms with Gasteiger partial charge in [-0.15, -0.1) is 5.10 Å². The number of piperazine rings is 1. The van der Waals surface area contributed by atoms with Crippen LogP contribution in [-0.2, 0) is 22.7 Å². The van der Waals surface area contributed by atoms with Crippen LogP contribution in [0.15, 0.2) is 6.20 Å². The molecule has 0 spiro atoms. The number of carboxylic acids is 1. The number of aliphatic carboxylic acids is 1. The van der Waals surface area contributed by atoms with Crippen LogP contribution in [0.2, 0.25) is 0 Å². The molecule has 10 nitrogen and oxygen atoms in total. The number of nitrogens with zero attached hydrogens (tertiary/aromatic N) is 5. The molecule has 1 aliphatic rings. The predicted molar refractivity (Wildman–Crippen MR) is 69.1 cm³/mol. The Morgan fingerprint density at radius 3 is 2.86 bits per heavy atom. The summed E-state index contributed by atoms with van der Waals surface area (Å²) < 4.78 is 1.17. The highest BCUT2D eigenvalue weighted by Crippen LogP contribution is 2.02. The third kappa shape index (κ3) is 3.91. The Hall–Kier alpha value is -2.65. The van der Waals surface area contributed by atoms with E-state index in [4.69, 9.17) is 5.11 Å². The lowest BCUT2D eigenvalue weighted by molar-refractivity contribution is -0.138. The van der Waals surface area contributed by atoms with Crippen molar-refractivity contribution in [2.24, 2.45) is 0 Å². The second kappa shape index (κ2) is 6.20. The van der Waals surface area contributed by atoms with E-state index in [1.54, 1.807) is 11.9 Å². The number of carboxylic acid groups (broad SMARTS) is 1. The second-order valence-electron chi connectivity index (χ2n) is 4.70. The SMILES string of the molecule is CN1CCN(C(=O)NCc2cn(CC(=O)O)nn2)CC1=O. The first kappa shape index (κ1) is 14.8. The van der Waals surface area contributed by atoms with Crippen LogP contribution in [0.1, 0.15) is 5.69 Å². The maximum absolute atomic E-state index is 11.9. The number of rotatable bonds is 4. The molecule has 0 atom stereocenters. The van der Waals surface area contributed by atoms with Gasteiger partial charge in [0.1, 0.15) is 18.8 Å². The molecule has 1 aliphatic heterocycles. The summed E-state index contributed by atoms with van der Waals surface area (Å²) in [7, 11) is 1.69. The quantitative estimate of drug-likeness (QED) is 0.686. The minimum Gasteiger partial charge on any atom is -0.480 e. The second-order valence-corrected chi connectivity index (χ2v) is 4.70. The van der Waals surface area contributed by atoms with Crippen molar-refractivity contribution in [3.05, 3.63) is 11.9 Å². The summed E-state index contributed by atoms with van der Waals surface area (Å²) in [6.07, 6.45) is 1.45. The zero-order chi connectivity index (χ0) is 15.4. The highest BCUT2D eigenvalue weighted by Gasteiger charge is 2.24. The number of carbonyl (C=O) groups excluding carboxylic acids is 2. The van der Waals surface area contributed by atoms with Gasteiger partial charge >= 0.3 is 12.0 Å². The summed E-state index contributed by atoms with van der Waals surface area (Å²) in [6, 6.07) is -0.357. The van der Waals surface area contributed by atoms with Crippen LogP contribution >= 0.6 is 0 Å². The first-order valence-electron chi connectivity index (χ1n) is 6.33. The number of likely N-dealkylation sites (N-methyl/N-ethyl adjacent to an activating group) is 1. The van der Waals surface area contributed by atoms with Gasteiger partial charge in [0.25, 0.3) is 0 Å². The Bertz CT molecular complexity index is 557. The van der Waals surface area contributed by atoms with Crippen LogP contribution in [0.25, 0.3) is 0 Å². The largest absolute Gasteiger partial charge is 0.480 e. The van der Waals surface area contributed by atoms with Gasteiger partial charge < -0.3 is 20.2 Å². The van der Waals surface area contributed by atoms with Gasteiger partial charge in [-0.2, -0.15) is 0 Å². The van der Waals surface area contributed by atoms with E-state index in [1.807, 2.05) is 0 Å². The average Bonchev–Trinajstić information content (AvgIpc) is 2.86. The monoisotopic (exact) mass is 296 g/mol. The predicted octanol–water partition coefficient (Wildman–Crippen LogP) is -1.65. The highest BCUT2D eigenvalue weighted by molar-refractivity contribution is 5.85. The normalized spacial score (nSPS) is 15.2. The number of aromatic nitrogens is 3. The van der Waals surface area contributed by atoms with E-state index in [1.165, 1.54) is 15.8 Å². The van der Waals surface area contributed by atoms with Gasteiger partial charge in [-0.25, -0.2) is 9.48 Å². The molecule has 1 aromatic heterocycles. The molecule has 1 fully saturated rings. The van der Waals surface area contributed by atoms with Crippen LogP contribution in [0.4, 0.5) is 4.79 Å². The van der Waals surface area contributed by atoms with Crippen molar-refractivity contribution in [3.8, 4) is 0 Å². The molecule has 0 aliphatic carbocycles. The molecule has 0 aromatic carbocycles. The van der Waals surface area contributed by atoms with E-state index in [0.29, 0.717) is 18.8 Å². The van der Waals surface area contributed by atoms with Gasteiger partial charge in [-0.05, 0) is 0 Å². The van der Waals surface area contributed by atoms with Crippen molar-refractivity contribution in [2.75, 3.05) is 26.7 Å². The van der Waals surface area contributed by atoms with E-state index >= 15 is 0 Å². The number of urea groups is 1. The van der Waals surface area contributed by atoms with Gasteiger partial charge in [0.05, 0.1) is 12.7 Å². The molecule has 0 radical (unpaired) electrons. The van der Waals surface area contributed by atoms with Crippen LogP contribution in [0.3, 0.4) is 0 Å². The zero-order valence-corrected chi connectivity index (χ0v) is 11.5. The molecule has 1 saturated heterocycles. The molecule has 2 N–H and O–H groups in total. The molecule has 3 amide bonds. The third-order valence-electron chi connectivity index (χ3n) is 3.05. The maximum Gasteiger partial charge on any atom is 0.325 e. The fourth-order valence-electron chi connectivity index (χ4n) is 1.85. The minimum atomic E-state index is -1.02. The standard InChI is InChI=1S/C11H16N6O4/c1-15-2-3-16(6-9(15)18)11(21)12-4-8-5-17(14-13-8)7-10(19)20/h5H,2-4,6-7H2,1H3,(H,12,21)(H,19,20). The number of amides is 3. The number of carbonyl (C=O) groups is 3. The Morgan fingerprint density at radius 2 is 2.19 bits per heavy atom. The lowest BCUT2D eigenvalue weighted by Gasteiger charge is -2.31. The first-order chi connectivity index (χ1) is 9.95. The van der Waals surface area contributed by atoms with Crippen molar-refractivity contribution < 1.29 is 19.5 Å². The summed E-state index contributed by atoms with van der Waals surface area (Å²) in [6.45, 7) is 0.863. The van der Waals surface area contributed by atoms with Crippen molar-refractivity contribution in [3.63, 3.8) is 0 Å². The molecule has 2 heterocycles. The average molecular weight is 296 g/mol. The van der Waals surface area contributed by atoms with E-state index in [2.05, 4.69) is 15.6 Å². The Labute approximate surface area is 120 Å². The van der Waals surface area contributed by atoms with E-state index in [9.17, 15) is 14.4 Å². The Kier molecular flexibility index (Phi) is 4.36. The maximum atomic E-state index is 11.9. The molecule has 2 rings (SSSR count). The molecule has 0 saturated carbocycles. The fourth-order valence-corrected chi connectivity index (χ4v) is 1.85. The molecule has 114 valence electrons. The fraction of sp³-hybridized carbons (Fsp3) is 0.545. The van der Waals surface area contributed by atoms with Crippen molar-refractivity contribution in [2.45, 2.75) is 13.1 Å². The van der Waals surface area contributed by atoms with E-state index in [-0.39, 0.29) is 31.6 Å². The summed E-state index contributed by atoms with van der Waals surface area (Å²) >= 11 is 0.